The Morgan fingerprint density at radius 3 is 2.59 bits per heavy atom. The van der Waals surface area contributed by atoms with E-state index in [0.29, 0.717) is 13.1 Å². The van der Waals surface area contributed by atoms with Crippen molar-refractivity contribution in [3.05, 3.63) is 39.6 Å². The van der Waals surface area contributed by atoms with E-state index in [1.165, 1.54) is 0 Å². The number of aryl methyl sites for hydroxylation is 2. The molecule has 0 saturated carbocycles. The van der Waals surface area contributed by atoms with Gasteiger partial charge in [0.05, 0.1) is 29.5 Å². The third kappa shape index (κ3) is 2.23. The minimum Gasteiger partial charge on any atom is -0.465 e. The topological polar surface area (TPSA) is 57.0 Å². The van der Waals surface area contributed by atoms with E-state index in [-0.39, 0.29) is 0 Å². The number of hydrogen-bond donors (Lipinski definition) is 1. The Balaban J connectivity index is 2.31. The molecule has 17 heavy (non-hydrogen) atoms. The van der Waals surface area contributed by atoms with Crippen molar-refractivity contribution >= 4 is 11.6 Å². The van der Waals surface area contributed by atoms with Crippen molar-refractivity contribution in [1.29, 1.82) is 0 Å². The molecule has 5 heteroatoms. The first-order chi connectivity index (χ1) is 8.02. The Bertz CT molecular complexity index is 542. The second-order valence-corrected chi connectivity index (χ2v) is 4.52. The molecule has 0 unspecified atom stereocenters. The summed E-state index contributed by atoms with van der Waals surface area (Å²) in [6.45, 7) is 6.87. The number of halogens is 1. The number of hydrogen-bond acceptors (Lipinski definition) is 3. The standard InChI is InChI=1S/C12H16ClN3O/c1-7-12(13)8(2)16(15-7)6-10-4-11(5-14)17-9(10)3/h4H,5-6,14H2,1-3H3. The van der Waals surface area contributed by atoms with E-state index in [1.807, 2.05) is 31.5 Å². The average molecular weight is 254 g/mol. The second kappa shape index (κ2) is 4.55. The fraction of sp³-hybridized carbons (Fsp3) is 0.417. The molecule has 2 N–H and O–H groups in total. The molecule has 0 atom stereocenters. The highest BCUT2D eigenvalue weighted by molar-refractivity contribution is 6.31. The van der Waals surface area contributed by atoms with Gasteiger partial charge in [0.2, 0.25) is 0 Å². The fourth-order valence-electron chi connectivity index (χ4n) is 1.84. The lowest BCUT2D eigenvalue weighted by Gasteiger charge is -2.02. The van der Waals surface area contributed by atoms with Gasteiger partial charge in [0.1, 0.15) is 11.5 Å². The van der Waals surface area contributed by atoms with Crippen LogP contribution in [0.1, 0.15) is 28.5 Å². The van der Waals surface area contributed by atoms with Crippen molar-refractivity contribution in [2.45, 2.75) is 33.9 Å². The summed E-state index contributed by atoms with van der Waals surface area (Å²) >= 11 is 6.11. The zero-order valence-electron chi connectivity index (χ0n) is 10.2. The van der Waals surface area contributed by atoms with Crippen LogP contribution in [0.15, 0.2) is 10.5 Å². The molecule has 0 aliphatic rings. The first-order valence-corrected chi connectivity index (χ1v) is 5.88. The van der Waals surface area contributed by atoms with Crippen molar-refractivity contribution in [2.75, 3.05) is 0 Å². The third-order valence-corrected chi connectivity index (χ3v) is 3.43. The van der Waals surface area contributed by atoms with Crippen LogP contribution in [0.3, 0.4) is 0 Å². The monoisotopic (exact) mass is 253 g/mol. The van der Waals surface area contributed by atoms with Crippen LogP contribution in [-0.2, 0) is 13.1 Å². The molecule has 92 valence electrons. The average Bonchev–Trinajstić information content (AvgIpc) is 2.77. The molecule has 0 aliphatic carbocycles. The highest BCUT2D eigenvalue weighted by atomic mass is 35.5. The molecule has 0 bridgehead atoms. The maximum Gasteiger partial charge on any atom is 0.118 e. The van der Waals surface area contributed by atoms with Crippen LogP contribution in [0.5, 0.6) is 0 Å². The SMILES string of the molecule is Cc1nn(Cc2cc(CN)oc2C)c(C)c1Cl. The van der Waals surface area contributed by atoms with Crippen LogP contribution in [0.4, 0.5) is 0 Å². The van der Waals surface area contributed by atoms with Gasteiger partial charge in [0.15, 0.2) is 0 Å². The van der Waals surface area contributed by atoms with Crippen molar-refractivity contribution in [3.63, 3.8) is 0 Å². The molecular formula is C12H16ClN3O. The van der Waals surface area contributed by atoms with Crippen molar-refractivity contribution in [2.24, 2.45) is 5.73 Å². The molecule has 2 heterocycles. The van der Waals surface area contributed by atoms with Gasteiger partial charge < -0.3 is 10.2 Å². The van der Waals surface area contributed by atoms with Crippen molar-refractivity contribution in [1.82, 2.24) is 9.78 Å². The Kier molecular flexibility index (Phi) is 3.26. The van der Waals surface area contributed by atoms with E-state index in [2.05, 4.69) is 5.10 Å². The lowest BCUT2D eigenvalue weighted by Crippen LogP contribution is -2.04. The zero-order valence-corrected chi connectivity index (χ0v) is 11.0. The minimum atomic E-state index is 0.415. The molecule has 0 spiro atoms. The quantitative estimate of drug-likeness (QED) is 0.915. The summed E-state index contributed by atoms with van der Waals surface area (Å²) in [6.07, 6.45) is 0. The van der Waals surface area contributed by atoms with Gasteiger partial charge in [0, 0.05) is 5.56 Å². The predicted molar refractivity (Wildman–Crippen MR) is 67.1 cm³/mol. The summed E-state index contributed by atoms with van der Waals surface area (Å²) < 4.78 is 7.40. The fourth-order valence-corrected chi connectivity index (χ4v) is 1.97. The van der Waals surface area contributed by atoms with Crippen LogP contribution in [0.25, 0.3) is 0 Å². The Labute approximate surface area is 105 Å². The van der Waals surface area contributed by atoms with Crippen LogP contribution in [0, 0.1) is 20.8 Å². The van der Waals surface area contributed by atoms with Crippen molar-refractivity contribution in [3.8, 4) is 0 Å². The summed E-state index contributed by atoms with van der Waals surface area (Å²) in [7, 11) is 0. The van der Waals surface area contributed by atoms with Gasteiger partial charge in [-0.3, -0.25) is 4.68 Å². The van der Waals surface area contributed by atoms with Gasteiger partial charge in [-0.2, -0.15) is 5.10 Å². The third-order valence-electron chi connectivity index (χ3n) is 2.89. The lowest BCUT2D eigenvalue weighted by atomic mass is 10.2. The molecule has 2 aromatic rings. The van der Waals surface area contributed by atoms with E-state index in [1.54, 1.807) is 0 Å². The largest absolute Gasteiger partial charge is 0.465 e. The molecule has 4 nitrogen and oxygen atoms in total. The van der Waals surface area contributed by atoms with E-state index in [0.717, 1.165) is 33.5 Å². The van der Waals surface area contributed by atoms with E-state index in [9.17, 15) is 0 Å². The first kappa shape index (κ1) is 12.2. The number of nitrogens with zero attached hydrogens (tertiary/aromatic N) is 2. The maximum absolute atomic E-state index is 6.11. The predicted octanol–water partition coefficient (Wildman–Crippen LogP) is 2.56. The van der Waals surface area contributed by atoms with Crippen LogP contribution >= 0.6 is 11.6 Å². The Hall–Kier alpha value is -1.26. The highest BCUT2D eigenvalue weighted by Gasteiger charge is 2.12. The van der Waals surface area contributed by atoms with E-state index >= 15 is 0 Å². The molecule has 0 aliphatic heterocycles. The summed E-state index contributed by atoms with van der Waals surface area (Å²) in [6, 6.07) is 1.97. The molecule has 0 saturated heterocycles. The Morgan fingerprint density at radius 2 is 2.12 bits per heavy atom. The van der Waals surface area contributed by atoms with Gasteiger partial charge in [-0.1, -0.05) is 11.6 Å². The summed E-state index contributed by atoms with van der Waals surface area (Å²) in [5, 5.41) is 5.12. The zero-order chi connectivity index (χ0) is 12.6. The van der Waals surface area contributed by atoms with Gasteiger partial charge in [-0.05, 0) is 26.8 Å². The number of furan rings is 1. The maximum atomic E-state index is 6.11. The van der Waals surface area contributed by atoms with Crippen LogP contribution in [0.2, 0.25) is 5.02 Å². The first-order valence-electron chi connectivity index (χ1n) is 5.50. The molecule has 0 radical (unpaired) electrons. The minimum absolute atomic E-state index is 0.415. The van der Waals surface area contributed by atoms with Gasteiger partial charge in [0.25, 0.3) is 0 Å². The van der Waals surface area contributed by atoms with E-state index in [4.69, 9.17) is 21.8 Å². The normalized spacial score (nSPS) is 11.1. The van der Waals surface area contributed by atoms with Gasteiger partial charge in [-0.15, -0.1) is 0 Å². The molecular weight excluding hydrogens is 238 g/mol. The lowest BCUT2D eigenvalue weighted by molar-refractivity contribution is 0.480. The van der Waals surface area contributed by atoms with Crippen LogP contribution < -0.4 is 5.73 Å². The number of aromatic nitrogens is 2. The Morgan fingerprint density at radius 1 is 1.41 bits per heavy atom. The molecule has 0 fully saturated rings. The summed E-state index contributed by atoms with van der Waals surface area (Å²) in [5.41, 5.74) is 8.46. The van der Waals surface area contributed by atoms with E-state index < -0.39 is 0 Å². The van der Waals surface area contributed by atoms with Gasteiger partial charge >= 0.3 is 0 Å². The molecule has 2 aromatic heterocycles. The number of rotatable bonds is 3. The second-order valence-electron chi connectivity index (χ2n) is 4.14. The highest BCUT2D eigenvalue weighted by Crippen LogP contribution is 2.21. The molecule has 0 amide bonds. The molecule has 2 rings (SSSR count). The van der Waals surface area contributed by atoms with Crippen LogP contribution in [-0.4, -0.2) is 9.78 Å². The van der Waals surface area contributed by atoms with Crippen molar-refractivity contribution < 1.29 is 4.42 Å². The number of nitrogens with two attached hydrogens (primary N) is 1. The smallest absolute Gasteiger partial charge is 0.118 e. The molecule has 0 aromatic carbocycles. The van der Waals surface area contributed by atoms with Gasteiger partial charge in [-0.25, -0.2) is 0 Å². The summed E-state index contributed by atoms with van der Waals surface area (Å²) in [4.78, 5) is 0. The summed E-state index contributed by atoms with van der Waals surface area (Å²) in [5.74, 6) is 1.68.